The molecule has 0 aromatic carbocycles. The molecule has 2 aromatic heterocycles. The van der Waals surface area contributed by atoms with E-state index in [0.29, 0.717) is 30.7 Å². The smallest absolute Gasteiger partial charge is 0.306 e. The van der Waals surface area contributed by atoms with Crippen molar-refractivity contribution in [2.45, 2.75) is 51.0 Å². The fraction of sp³-hybridized carbons (Fsp3) is 0.550. The van der Waals surface area contributed by atoms with Crippen LogP contribution in [0.25, 0.3) is 11.3 Å². The normalized spacial score (nSPS) is 21.9. The molecule has 2 fully saturated rings. The lowest BCUT2D eigenvalue weighted by Gasteiger charge is -2.26. The van der Waals surface area contributed by atoms with Crippen molar-refractivity contribution < 1.29 is 9.90 Å². The van der Waals surface area contributed by atoms with E-state index >= 15 is 0 Å². The van der Waals surface area contributed by atoms with Gasteiger partial charge in [-0.1, -0.05) is 0 Å². The Hall–Kier alpha value is -2.77. The molecule has 0 unspecified atom stereocenters. The molecule has 3 N–H and O–H groups in total. The van der Waals surface area contributed by atoms with Crippen LogP contribution in [0.15, 0.2) is 18.5 Å². The van der Waals surface area contributed by atoms with Gasteiger partial charge in [-0.3, -0.25) is 4.79 Å². The molecule has 0 spiro atoms. The first-order chi connectivity index (χ1) is 13.6. The molecule has 28 heavy (non-hydrogen) atoms. The Kier molecular flexibility index (Phi) is 5.36. The number of hydrogen-bond acceptors (Lipinski definition) is 7. The topological polar surface area (TPSA) is 113 Å². The summed E-state index contributed by atoms with van der Waals surface area (Å²) in [6.45, 7) is 0. The monoisotopic (exact) mass is 382 g/mol. The summed E-state index contributed by atoms with van der Waals surface area (Å²) in [5, 5.41) is 15.5. The fourth-order valence-corrected chi connectivity index (χ4v) is 3.75. The Morgan fingerprint density at radius 1 is 1.11 bits per heavy atom. The third kappa shape index (κ3) is 4.37. The van der Waals surface area contributed by atoms with Crippen LogP contribution >= 0.6 is 0 Å². The third-order valence-electron chi connectivity index (χ3n) is 5.61. The molecule has 4 rings (SSSR count). The summed E-state index contributed by atoms with van der Waals surface area (Å²) in [6.07, 6.45) is 10.1. The maximum atomic E-state index is 11.1. The molecular formula is C20H26N6O2. The molecule has 2 heterocycles. The van der Waals surface area contributed by atoms with Gasteiger partial charge in [0.2, 0.25) is 11.9 Å². The van der Waals surface area contributed by atoms with Crippen molar-refractivity contribution in [3.05, 3.63) is 24.2 Å². The maximum Gasteiger partial charge on any atom is 0.306 e. The second kappa shape index (κ2) is 8.08. The molecule has 8 heteroatoms. The number of anilines is 2. The number of carbonyl (C=O) groups is 1. The van der Waals surface area contributed by atoms with Crippen LogP contribution in [0.1, 0.15) is 44.2 Å². The van der Waals surface area contributed by atoms with E-state index in [9.17, 15) is 4.79 Å². The van der Waals surface area contributed by atoms with E-state index in [4.69, 9.17) is 10.1 Å². The van der Waals surface area contributed by atoms with E-state index in [1.807, 2.05) is 19.3 Å². The molecule has 0 saturated heterocycles. The minimum atomic E-state index is -0.690. The summed E-state index contributed by atoms with van der Waals surface area (Å²) in [4.78, 5) is 29.2. The highest BCUT2D eigenvalue weighted by Gasteiger charge is 2.27. The molecular weight excluding hydrogens is 356 g/mol. The van der Waals surface area contributed by atoms with Crippen LogP contribution in [-0.4, -0.2) is 44.1 Å². The molecule has 8 nitrogen and oxygen atoms in total. The highest BCUT2D eigenvalue weighted by atomic mass is 16.4. The summed E-state index contributed by atoms with van der Waals surface area (Å²) in [5.74, 6) is 0.999. The van der Waals surface area contributed by atoms with Gasteiger partial charge in [-0.05, 0) is 56.9 Å². The minimum Gasteiger partial charge on any atom is -0.481 e. The van der Waals surface area contributed by atoms with E-state index in [2.05, 4.69) is 25.6 Å². The first-order valence-corrected chi connectivity index (χ1v) is 9.99. The van der Waals surface area contributed by atoms with E-state index in [1.165, 1.54) is 12.8 Å². The van der Waals surface area contributed by atoms with Crippen molar-refractivity contribution in [3.8, 4) is 11.3 Å². The van der Waals surface area contributed by atoms with Gasteiger partial charge in [-0.2, -0.15) is 0 Å². The largest absolute Gasteiger partial charge is 0.481 e. The van der Waals surface area contributed by atoms with E-state index in [0.717, 1.165) is 36.2 Å². The molecule has 0 amide bonds. The quantitative estimate of drug-likeness (QED) is 0.670. The number of nitrogens with one attached hydrogen (secondary N) is 2. The highest BCUT2D eigenvalue weighted by Crippen LogP contribution is 2.35. The lowest BCUT2D eigenvalue weighted by atomic mass is 9.86. The first-order valence-electron chi connectivity index (χ1n) is 9.99. The number of aromatic nitrogens is 4. The van der Waals surface area contributed by atoms with Crippen LogP contribution in [0.5, 0.6) is 0 Å². The van der Waals surface area contributed by atoms with Crippen LogP contribution < -0.4 is 10.6 Å². The standard InChI is InChI=1S/C20H26N6O2/c1-21-19-23-11-15(17(26-19)10-12-2-3-12)16-8-9-22-20(25-16)24-14-6-4-13(5-7-14)18(27)28/h8-9,11-14H,2-7,10H2,1H3,(H,27,28)(H,21,23,26)(H,22,24,25). The predicted molar refractivity (Wildman–Crippen MR) is 106 cm³/mol. The Bertz CT molecular complexity index is 846. The Morgan fingerprint density at radius 3 is 2.57 bits per heavy atom. The molecule has 2 aromatic rings. The van der Waals surface area contributed by atoms with Crippen molar-refractivity contribution in [3.63, 3.8) is 0 Å². The number of rotatable bonds is 7. The SMILES string of the molecule is CNc1ncc(-c2ccnc(NC3CCC(C(=O)O)CC3)n2)c(CC2CC2)n1. The predicted octanol–water partition coefficient (Wildman–Crippen LogP) is 2.98. The van der Waals surface area contributed by atoms with Gasteiger partial charge in [-0.25, -0.2) is 19.9 Å². The second-order valence-corrected chi connectivity index (χ2v) is 7.75. The Labute approximate surface area is 164 Å². The molecule has 0 atom stereocenters. The number of nitrogens with zero attached hydrogens (tertiary/aromatic N) is 4. The zero-order valence-electron chi connectivity index (χ0n) is 16.1. The maximum absolute atomic E-state index is 11.1. The number of carboxylic acids is 1. The molecule has 0 radical (unpaired) electrons. The van der Waals surface area contributed by atoms with Gasteiger partial charge in [0.1, 0.15) is 0 Å². The van der Waals surface area contributed by atoms with Crippen molar-refractivity contribution >= 4 is 17.9 Å². The van der Waals surface area contributed by atoms with Crippen LogP contribution in [0, 0.1) is 11.8 Å². The van der Waals surface area contributed by atoms with E-state index < -0.39 is 5.97 Å². The van der Waals surface area contributed by atoms with Crippen LogP contribution in [0.2, 0.25) is 0 Å². The van der Waals surface area contributed by atoms with Crippen molar-refractivity contribution in [1.82, 2.24) is 19.9 Å². The van der Waals surface area contributed by atoms with Gasteiger partial charge < -0.3 is 15.7 Å². The second-order valence-electron chi connectivity index (χ2n) is 7.75. The molecule has 0 bridgehead atoms. The van der Waals surface area contributed by atoms with Crippen LogP contribution in [0.3, 0.4) is 0 Å². The van der Waals surface area contributed by atoms with Crippen molar-refractivity contribution in [2.75, 3.05) is 17.7 Å². The zero-order chi connectivity index (χ0) is 19.5. The summed E-state index contributed by atoms with van der Waals surface area (Å²) in [5.41, 5.74) is 2.79. The average molecular weight is 382 g/mol. The van der Waals surface area contributed by atoms with Crippen LogP contribution in [0.4, 0.5) is 11.9 Å². The van der Waals surface area contributed by atoms with E-state index in [1.54, 1.807) is 6.20 Å². The van der Waals surface area contributed by atoms with Crippen molar-refractivity contribution in [1.29, 1.82) is 0 Å². The minimum absolute atomic E-state index is 0.208. The summed E-state index contributed by atoms with van der Waals surface area (Å²) < 4.78 is 0. The molecule has 148 valence electrons. The molecule has 2 aliphatic rings. The Balaban J connectivity index is 1.50. The molecule has 2 aliphatic carbocycles. The fourth-order valence-electron chi connectivity index (χ4n) is 3.75. The number of hydrogen-bond donors (Lipinski definition) is 3. The zero-order valence-corrected chi connectivity index (χ0v) is 16.1. The highest BCUT2D eigenvalue weighted by molar-refractivity contribution is 5.70. The van der Waals surface area contributed by atoms with Gasteiger partial charge in [0, 0.05) is 31.0 Å². The summed E-state index contributed by atoms with van der Waals surface area (Å²) in [6, 6.07) is 2.10. The molecule has 0 aliphatic heterocycles. The first kappa shape index (κ1) is 18.6. The molecule has 2 saturated carbocycles. The Morgan fingerprint density at radius 2 is 1.89 bits per heavy atom. The number of carboxylic acid groups (broad SMARTS) is 1. The lowest BCUT2D eigenvalue weighted by molar-refractivity contribution is -0.142. The van der Waals surface area contributed by atoms with Gasteiger partial charge in [0.05, 0.1) is 17.3 Å². The summed E-state index contributed by atoms with van der Waals surface area (Å²) >= 11 is 0. The van der Waals surface area contributed by atoms with Gasteiger partial charge in [0.25, 0.3) is 0 Å². The summed E-state index contributed by atoms with van der Waals surface area (Å²) in [7, 11) is 1.82. The van der Waals surface area contributed by atoms with Gasteiger partial charge in [0.15, 0.2) is 0 Å². The van der Waals surface area contributed by atoms with E-state index in [-0.39, 0.29) is 12.0 Å². The van der Waals surface area contributed by atoms with Crippen LogP contribution in [-0.2, 0) is 11.2 Å². The number of aliphatic carboxylic acids is 1. The lowest BCUT2D eigenvalue weighted by Crippen LogP contribution is -2.29. The van der Waals surface area contributed by atoms with Gasteiger partial charge >= 0.3 is 5.97 Å². The van der Waals surface area contributed by atoms with Gasteiger partial charge in [-0.15, -0.1) is 0 Å². The third-order valence-corrected chi connectivity index (χ3v) is 5.61. The average Bonchev–Trinajstić information content (AvgIpc) is 3.52. The van der Waals surface area contributed by atoms with Crippen molar-refractivity contribution in [2.24, 2.45) is 11.8 Å².